The summed E-state index contributed by atoms with van der Waals surface area (Å²) in [7, 11) is 0. The molecule has 2 heterocycles. The molecule has 0 aliphatic carbocycles. The summed E-state index contributed by atoms with van der Waals surface area (Å²) >= 11 is 12.8. The first-order valence-electron chi connectivity index (χ1n) is 10.6. The van der Waals surface area contributed by atoms with Crippen molar-refractivity contribution < 1.29 is 18.0 Å². The van der Waals surface area contributed by atoms with Crippen molar-refractivity contribution in [2.24, 2.45) is 0 Å². The number of amides is 1. The van der Waals surface area contributed by atoms with Crippen molar-refractivity contribution in [1.82, 2.24) is 9.55 Å². The van der Waals surface area contributed by atoms with Crippen LogP contribution in [0, 0.1) is 0 Å². The molecular weight excluding hydrogens is 486 g/mol. The standard InChI is InChI=1S/C25H18Cl2F3N3O/c26-19-7-4-8-20(27)18(19)14-33-22-10-2-1-9-21(22)31-24(33)15-11-23(34)32(13-15)17-6-3-5-16(12-17)25(28,29)30/h1-10,12,15H,11,13-14H2. The smallest absolute Gasteiger partial charge is 0.323 e. The summed E-state index contributed by atoms with van der Waals surface area (Å²) in [6.07, 6.45) is -4.35. The average molecular weight is 504 g/mol. The van der Waals surface area contributed by atoms with Crippen LogP contribution in [0.3, 0.4) is 0 Å². The molecule has 1 aliphatic rings. The lowest BCUT2D eigenvalue weighted by Gasteiger charge is -2.19. The maximum Gasteiger partial charge on any atom is 0.416 e. The Morgan fingerprint density at radius 2 is 1.68 bits per heavy atom. The highest BCUT2D eigenvalue weighted by atomic mass is 35.5. The quantitative estimate of drug-likeness (QED) is 0.302. The lowest BCUT2D eigenvalue weighted by Crippen LogP contribution is -2.25. The lowest BCUT2D eigenvalue weighted by molar-refractivity contribution is -0.137. The number of aromatic nitrogens is 2. The molecule has 0 saturated carbocycles. The van der Waals surface area contributed by atoms with Crippen molar-refractivity contribution in [2.75, 3.05) is 11.4 Å². The first kappa shape index (κ1) is 22.7. The molecule has 1 aliphatic heterocycles. The van der Waals surface area contributed by atoms with E-state index in [1.54, 1.807) is 18.2 Å². The summed E-state index contributed by atoms with van der Waals surface area (Å²) in [4.78, 5) is 19.1. The molecule has 1 saturated heterocycles. The fraction of sp³-hybridized carbons (Fsp3) is 0.200. The van der Waals surface area contributed by atoms with Crippen LogP contribution in [0.5, 0.6) is 0 Å². The largest absolute Gasteiger partial charge is 0.416 e. The molecule has 1 atom stereocenters. The Kier molecular flexibility index (Phi) is 5.78. The highest BCUT2D eigenvalue weighted by Gasteiger charge is 2.36. The average Bonchev–Trinajstić information content (AvgIpc) is 3.36. The van der Waals surface area contributed by atoms with E-state index in [0.29, 0.717) is 22.4 Å². The number of hydrogen-bond acceptors (Lipinski definition) is 2. The topological polar surface area (TPSA) is 38.1 Å². The minimum Gasteiger partial charge on any atom is -0.323 e. The van der Waals surface area contributed by atoms with Gasteiger partial charge in [-0.25, -0.2) is 4.98 Å². The van der Waals surface area contributed by atoms with E-state index in [9.17, 15) is 18.0 Å². The monoisotopic (exact) mass is 503 g/mol. The summed E-state index contributed by atoms with van der Waals surface area (Å²) in [5.74, 6) is 0.106. The summed E-state index contributed by atoms with van der Waals surface area (Å²) in [5, 5.41) is 1.04. The van der Waals surface area contributed by atoms with Gasteiger partial charge in [0.15, 0.2) is 0 Å². The molecule has 3 aromatic carbocycles. The van der Waals surface area contributed by atoms with Crippen LogP contribution >= 0.6 is 23.2 Å². The summed E-state index contributed by atoms with van der Waals surface area (Å²) in [6, 6.07) is 17.7. The number of nitrogens with zero attached hydrogens (tertiary/aromatic N) is 3. The van der Waals surface area contributed by atoms with Crippen LogP contribution in [0.15, 0.2) is 66.7 Å². The molecule has 1 amide bonds. The molecule has 174 valence electrons. The number of halogens is 5. The second-order valence-corrected chi connectivity index (χ2v) is 9.01. The molecule has 0 bridgehead atoms. The van der Waals surface area contributed by atoms with Gasteiger partial charge in [-0.05, 0) is 42.5 Å². The maximum atomic E-state index is 13.2. The van der Waals surface area contributed by atoms with Crippen LogP contribution in [0.2, 0.25) is 10.0 Å². The third-order valence-electron chi connectivity index (χ3n) is 6.04. The Balaban J connectivity index is 1.53. The number of fused-ring (bicyclic) bond motifs is 1. The molecule has 0 N–H and O–H groups in total. The van der Waals surface area contributed by atoms with Gasteiger partial charge >= 0.3 is 6.18 Å². The van der Waals surface area contributed by atoms with E-state index in [1.807, 2.05) is 28.8 Å². The molecule has 4 aromatic rings. The third-order valence-corrected chi connectivity index (χ3v) is 6.75. The molecule has 34 heavy (non-hydrogen) atoms. The van der Waals surface area contributed by atoms with Gasteiger partial charge in [0.25, 0.3) is 0 Å². The summed E-state index contributed by atoms with van der Waals surface area (Å²) in [5.41, 5.74) is 1.78. The zero-order valence-corrected chi connectivity index (χ0v) is 19.2. The second kappa shape index (κ2) is 8.64. The molecule has 4 nitrogen and oxygen atoms in total. The normalized spacial score (nSPS) is 16.6. The Morgan fingerprint density at radius 1 is 0.971 bits per heavy atom. The lowest BCUT2D eigenvalue weighted by atomic mass is 10.1. The van der Waals surface area contributed by atoms with Crippen LogP contribution in [0.25, 0.3) is 11.0 Å². The van der Waals surface area contributed by atoms with Crippen LogP contribution in [-0.2, 0) is 17.5 Å². The molecule has 1 aromatic heterocycles. The third kappa shape index (κ3) is 4.14. The number of carbonyl (C=O) groups is 1. The van der Waals surface area contributed by atoms with Gasteiger partial charge in [0, 0.05) is 40.2 Å². The molecule has 1 unspecified atom stereocenters. The molecule has 9 heteroatoms. The van der Waals surface area contributed by atoms with Gasteiger partial charge in [-0.1, -0.05) is 47.5 Å². The van der Waals surface area contributed by atoms with Gasteiger partial charge in [0.2, 0.25) is 5.91 Å². The van der Waals surface area contributed by atoms with E-state index in [0.717, 1.165) is 28.7 Å². The highest BCUT2D eigenvalue weighted by molar-refractivity contribution is 6.36. The van der Waals surface area contributed by atoms with Crippen LogP contribution in [-0.4, -0.2) is 22.0 Å². The van der Waals surface area contributed by atoms with E-state index in [2.05, 4.69) is 0 Å². The Labute approximate surface area is 203 Å². The van der Waals surface area contributed by atoms with Crippen molar-refractivity contribution in [3.05, 3.63) is 93.7 Å². The Morgan fingerprint density at radius 3 is 2.41 bits per heavy atom. The van der Waals surface area contributed by atoms with E-state index in [1.165, 1.54) is 17.0 Å². The fourth-order valence-corrected chi connectivity index (χ4v) is 4.91. The van der Waals surface area contributed by atoms with Crippen LogP contribution in [0.1, 0.15) is 29.3 Å². The number of carbonyl (C=O) groups excluding carboxylic acids is 1. The zero-order chi connectivity index (χ0) is 24.0. The van der Waals surface area contributed by atoms with E-state index in [-0.39, 0.29) is 30.5 Å². The van der Waals surface area contributed by atoms with Crippen LogP contribution in [0.4, 0.5) is 18.9 Å². The predicted octanol–water partition coefficient (Wildman–Crippen LogP) is 6.93. The second-order valence-electron chi connectivity index (χ2n) is 8.20. The minimum absolute atomic E-state index is 0.135. The summed E-state index contributed by atoms with van der Waals surface area (Å²) in [6.45, 7) is 0.572. The number of anilines is 1. The van der Waals surface area contributed by atoms with E-state index in [4.69, 9.17) is 28.2 Å². The van der Waals surface area contributed by atoms with Gasteiger partial charge in [-0.3, -0.25) is 4.79 Å². The fourth-order valence-electron chi connectivity index (χ4n) is 4.39. The number of rotatable bonds is 4. The molecule has 5 rings (SSSR count). The maximum absolute atomic E-state index is 13.2. The van der Waals surface area contributed by atoms with Crippen molar-refractivity contribution in [3.8, 4) is 0 Å². The number of para-hydroxylation sites is 2. The van der Waals surface area contributed by atoms with Crippen molar-refractivity contribution in [2.45, 2.75) is 25.1 Å². The molecule has 0 radical (unpaired) electrons. The Hall–Kier alpha value is -3.03. The molecule has 1 fully saturated rings. The number of imidazole rings is 1. The first-order chi connectivity index (χ1) is 16.2. The van der Waals surface area contributed by atoms with Gasteiger partial charge in [-0.15, -0.1) is 0 Å². The van der Waals surface area contributed by atoms with Crippen LogP contribution < -0.4 is 4.90 Å². The Bertz CT molecular complexity index is 1380. The minimum atomic E-state index is -4.49. The number of benzene rings is 3. The van der Waals surface area contributed by atoms with E-state index < -0.39 is 11.7 Å². The highest BCUT2D eigenvalue weighted by Crippen LogP contribution is 2.37. The van der Waals surface area contributed by atoms with E-state index >= 15 is 0 Å². The molecule has 0 spiro atoms. The van der Waals surface area contributed by atoms with Crippen molar-refractivity contribution in [3.63, 3.8) is 0 Å². The van der Waals surface area contributed by atoms with Gasteiger partial charge in [-0.2, -0.15) is 13.2 Å². The van der Waals surface area contributed by atoms with Gasteiger partial charge in [0.05, 0.1) is 23.1 Å². The predicted molar refractivity (Wildman–Crippen MR) is 126 cm³/mol. The van der Waals surface area contributed by atoms with Crippen molar-refractivity contribution >= 4 is 45.8 Å². The first-order valence-corrected chi connectivity index (χ1v) is 11.3. The number of alkyl halides is 3. The zero-order valence-electron chi connectivity index (χ0n) is 17.7. The molecular formula is C25H18Cl2F3N3O. The van der Waals surface area contributed by atoms with Gasteiger partial charge < -0.3 is 9.47 Å². The SMILES string of the molecule is O=C1CC(c2nc3ccccc3n2Cc2c(Cl)cccc2Cl)CN1c1cccc(C(F)(F)F)c1. The van der Waals surface area contributed by atoms with Gasteiger partial charge in [0.1, 0.15) is 5.82 Å². The van der Waals surface area contributed by atoms with Crippen molar-refractivity contribution in [1.29, 1.82) is 0 Å². The number of hydrogen-bond donors (Lipinski definition) is 0. The summed E-state index contributed by atoms with van der Waals surface area (Å²) < 4.78 is 41.6.